The molecule has 1 aromatic carbocycles. The van der Waals surface area contributed by atoms with Crippen molar-refractivity contribution in [2.75, 3.05) is 54.5 Å². The van der Waals surface area contributed by atoms with Crippen molar-refractivity contribution in [2.24, 2.45) is 0 Å². The zero-order valence-corrected chi connectivity index (χ0v) is 16.0. The monoisotopic (exact) mass is 397 g/mol. The lowest BCUT2D eigenvalue weighted by atomic mass is 10.1. The second kappa shape index (κ2) is 8.44. The number of non-ortho nitro benzene ring substituents is 1. The van der Waals surface area contributed by atoms with Gasteiger partial charge in [0.05, 0.1) is 41.3 Å². The number of nitrogens with one attached hydrogen (secondary N) is 1. The number of benzene rings is 1. The summed E-state index contributed by atoms with van der Waals surface area (Å²) in [6.45, 7) is 4.36. The van der Waals surface area contributed by atoms with Crippen LogP contribution in [0.2, 0.25) is 0 Å². The number of amides is 1. The minimum atomic E-state index is -0.494. The van der Waals surface area contributed by atoms with Crippen molar-refractivity contribution in [3.63, 3.8) is 0 Å². The Morgan fingerprint density at radius 2 is 1.83 bits per heavy atom. The number of ether oxygens (including phenoxy) is 1. The zero-order valence-electron chi connectivity index (χ0n) is 16.0. The standard InChI is InChI=1S/C20H23N5O4/c26-20(22-15-3-6-19(21-14-15)24-7-1-2-8-24)17-13-16(25(27)28)4-5-18(17)23-9-11-29-12-10-23/h3-6,13-14H,1-2,7-12H2,(H,22,26). The van der Waals surface area contributed by atoms with Gasteiger partial charge >= 0.3 is 0 Å². The average Bonchev–Trinajstić information content (AvgIpc) is 3.29. The third-order valence-corrected chi connectivity index (χ3v) is 5.22. The summed E-state index contributed by atoms with van der Waals surface area (Å²) in [5.41, 5.74) is 1.37. The van der Waals surface area contributed by atoms with E-state index in [1.54, 1.807) is 12.3 Å². The molecule has 1 aromatic heterocycles. The molecule has 2 aliphatic rings. The smallest absolute Gasteiger partial charge is 0.270 e. The van der Waals surface area contributed by atoms with Crippen molar-refractivity contribution in [3.05, 3.63) is 52.2 Å². The van der Waals surface area contributed by atoms with Crippen molar-refractivity contribution in [3.8, 4) is 0 Å². The number of hydrogen-bond acceptors (Lipinski definition) is 7. The van der Waals surface area contributed by atoms with Gasteiger partial charge in [0.2, 0.25) is 0 Å². The summed E-state index contributed by atoms with van der Waals surface area (Å²) in [5, 5.41) is 14.0. The van der Waals surface area contributed by atoms with Crippen LogP contribution in [0.1, 0.15) is 23.2 Å². The second-order valence-corrected chi connectivity index (χ2v) is 7.11. The molecule has 2 aromatic rings. The highest BCUT2D eigenvalue weighted by Gasteiger charge is 2.22. The summed E-state index contributed by atoms with van der Waals surface area (Å²) < 4.78 is 5.37. The molecule has 152 valence electrons. The molecule has 4 rings (SSSR count). The highest BCUT2D eigenvalue weighted by Crippen LogP contribution is 2.27. The SMILES string of the molecule is O=C(Nc1ccc(N2CCCC2)nc1)c1cc([N+](=O)[O-])ccc1N1CCOCC1. The van der Waals surface area contributed by atoms with Gasteiger partial charge in [-0.15, -0.1) is 0 Å². The quantitative estimate of drug-likeness (QED) is 0.611. The van der Waals surface area contributed by atoms with Crippen LogP contribution < -0.4 is 15.1 Å². The van der Waals surface area contributed by atoms with E-state index in [0.29, 0.717) is 37.7 Å². The van der Waals surface area contributed by atoms with Gasteiger partial charge in [0, 0.05) is 38.3 Å². The Bertz CT molecular complexity index is 890. The van der Waals surface area contributed by atoms with Crippen LogP contribution in [0.5, 0.6) is 0 Å². The molecule has 0 radical (unpaired) electrons. The number of hydrogen-bond donors (Lipinski definition) is 1. The van der Waals surface area contributed by atoms with E-state index in [4.69, 9.17) is 4.74 Å². The van der Waals surface area contributed by atoms with Crippen molar-refractivity contribution in [1.29, 1.82) is 0 Å². The Morgan fingerprint density at radius 1 is 1.07 bits per heavy atom. The Hall–Kier alpha value is -3.20. The number of nitro benzene ring substituents is 1. The molecule has 0 atom stereocenters. The fraction of sp³-hybridized carbons (Fsp3) is 0.400. The first-order valence-electron chi connectivity index (χ1n) is 9.75. The van der Waals surface area contributed by atoms with Crippen LogP contribution in [0, 0.1) is 10.1 Å². The van der Waals surface area contributed by atoms with Gasteiger partial charge in [-0.3, -0.25) is 14.9 Å². The minimum Gasteiger partial charge on any atom is -0.378 e. The summed E-state index contributed by atoms with van der Waals surface area (Å²) in [6, 6.07) is 8.08. The van der Waals surface area contributed by atoms with Gasteiger partial charge in [-0.25, -0.2) is 4.98 Å². The average molecular weight is 397 g/mol. The van der Waals surface area contributed by atoms with Crippen LogP contribution in [0.4, 0.5) is 22.9 Å². The lowest BCUT2D eigenvalue weighted by Gasteiger charge is -2.30. The molecular weight excluding hydrogens is 374 g/mol. The van der Waals surface area contributed by atoms with E-state index in [2.05, 4.69) is 15.2 Å². The van der Waals surface area contributed by atoms with Gasteiger partial charge in [0.1, 0.15) is 5.82 Å². The van der Waals surface area contributed by atoms with Crippen LogP contribution in [-0.2, 0) is 4.74 Å². The normalized spacial score (nSPS) is 16.7. The highest BCUT2D eigenvalue weighted by molar-refractivity contribution is 6.08. The van der Waals surface area contributed by atoms with Crippen LogP contribution >= 0.6 is 0 Å². The van der Waals surface area contributed by atoms with E-state index in [9.17, 15) is 14.9 Å². The molecule has 0 saturated carbocycles. The number of nitrogens with zero attached hydrogens (tertiary/aromatic N) is 4. The molecule has 9 nitrogen and oxygen atoms in total. The largest absolute Gasteiger partial charge is 0.378 e. The summed E-state index contributed by atoms with van der Waals surface area (Å²) in [7, 11) is 0. The Balaban J connectivity index is 1.56. The maximum absolute atomic E-state index is 13.0. The maximum atomic E-state index is 13.0. The van der Waals surface area contributed by atoms with Crippen molar-refractivity contribution in [2.45, 2.75) is 12.8 Å². The first kappa shape index (κ1) is 19.1. The molecule has 0 bridgehead atoms. The third-order valence-electron chi connectivity index (χ3n) is 5.22. The van der Waals surface area contributed by atoms with Gasteiger partial charge in [-0.2, -0.15) is 0 Å². The van der Waals surface area contributed by atoms with Gasteiger partial charge in [-0.05, 0) is 31.0 Å². The number of morpholine rings is 1. The number of carbonyl (C=O) groups excluding carboxylic acids is 1. The maximum Gasteiger partial charge on any atom is 0.270 e. The number of nitro groups is 1. The van der Waals surface area contributed by atoms with Crippen LogP contribution in [-0.4, -0.2) is 55.2 Å². The third kappa shape index (κ3) is 4.29. The summed E-state index contributed by atoms with van der Waals surface area (Å²) in [6.07, 6.45) is 3.95. The molecule has 9 heteroatoms. The number of pyridine rings is 1. The second-order valence-electron chi connectivity index (χ2n) is 7.11. The van der Waals surface area contributed by atoms with E-state index < -0.39 is 10.8 Å². The molecule has 2 saturated heterocycles. The molecule has 0 unspecified atom stereocenters. The molecule has 2 fully saturated rings. The predicted molar refractivity (Wildman–Crippen MR) is 110 cm³/mol. The number of carbonyl (C=O) groups is 1. The molecule has 0 aliphatic carbocycles. The molecule has 3 heterocycles. The summed E-state index contributed by atoms with van der Waals surface area (Å²) in [4.78, 5) is 32.3. The molecular formula is C20H23N5O4. The fourth-order valence-electron chi connectivity index (χ4n) is 3.69. The lowest BCUT2D eigenvalue weighted by Crippen LogP contribution is -2.37. The van der Waals surface area contributed by atoms with Gasteiger partial charge in [0.15, 0.2) is 0 Å². The first-order valence-corrected chi connectivity index (χ1v) is 9.75. The Labute approximate surface area is 168 Å². The summed E-state index contributed by atoms with van der Waals surface area (Å²) >= 11 is 0. The van der Waals surface area contributed by atoms with Gasteiger partial charge < -0.3 is 19.9 Å². The summed E-state index contributed by atoms with van der Waals surface area (Å²) in [5.74, 6) is 0.496. The van der Waals surface area contributed by atoms with E-state index >= 15 is 0 Å². The van der Waals surface area contributed by atoms with Crippen molar-refractivity contribution < 1.29 is 14.5 Å². The van der Waals surface area contributed by atoms with E-state index in [-0.39, 0.29) is 11.3 Å². The topological polar surface area (TPSA) is 101 Å². The highest BCUT2D eigenvalue weighted by atomic mass is 16.6. The number of rotatable bonds is 5. The van der Waals surface area contributed by atoms with Crippen LogP contribution in [0.25, 0.3) is 0 Å². The van der Waals surface area contributed by atoms with Crippen LogP contribution in [0.3, 0.4) is 0 Å². The minimum absolute atomic E-state index is 0.116. The molecule has 29 heavy (non-hydrogen) atoms. The molecule has 1 amide bonds. The van der Waals surface area contributed by atoms with E-state index in [1.807, 2.05) is 17.0 Å². The first-order chi connectivity index (χ1) is 14.1. The van der Waals surface area contributed by atoms with E-state index in [0.717, 1.165) is 31.7 Å². The van der Waals surface area contributed by atoms with Crippen molar-refractivity contribution >= 4 is 28.8 Å². The zero-order chi connectivity index (χ0) is 20.2. The fourth-order valence-corrected chi connectivity index (χ4v) is 3.69. The Morgan fingerprint density at radius 3 is 2.48 bits per heavy atom. The number of anilines is 3. The lowest BCUT2D eigenvalue weighted by molar-refractivity contribution is -0.384. The van der Waals surface area contributed by atoms with Crippen molar-refractivity contribution in [1.82, 2.24) is 4.98 Å². The van der Waals surface area contributed by atoms with Gasteiger partial charge in [0.25, 0.3) is 11.6 Å². The van der Waals surface area contributed by atoms with Gasteiger partial charge in [-0.1, -0.05) is 0 Å². The van der Waals surface area contributed by atoms with Crippen LogP contribution in [0.15, 0.2) is 36.5 Å². The number of aromatic nitrogens is 1. The molecule has 0 spiro atoms. The molecule has 2 aliphatic heterocycles. The molecule has 1 N–H and O–H groups in total. The predicted octanol–water partition coefficient (Wildman–Crippen LogP) is 2.68. The Kier molecular flexibility index (Phi) is 5.57. The van der Waals surface area contributed by atoms with E-state index in [1.165, 1.54) is 12.1 Å².